The van der Waals surface area contributed by atoms with Crippen LogP contribution in [0.5, 0.6) is 0 Å². The lowest BCUT2D eigenvalue weighted by atomic mass is 10.0. The van der Waals surface area contributed by atoms with Crippen molar-refractivity contribution in [2.24, 2.45) is 11.8 Å². The van der Waals surface area contributed by atoms with Gasteiger partial charge in [-0.15, -0.1) is 0 Å². The van der Waals surface area contributed by atoms with Gasteiger partial charge < -0.3 is 14.9 Å². The van der Waals surface area contributed by atoms with Crippen molar-refractivity contribution in [3.8, 4) is 0 Å². The second kappa shape index (κ2) is 5.48. The summed E-state index contributed by atoms with van der Waals surface area (Å²) in [5, 5.41) is 9.02. The van der Waals surface area contributed by atoms with Crippen molar-refractivity contribution in [2.75, 3.05) is 26.7 Å². The molecule has 3 rings (SSSR count). The number of carbonyl (C=O) groups is 2. The summed E-state index contributed by atoms with van der Waals surface area (Å²) < 4.78 is 0. The summed E-state index contributed by atoms with van der Waals surface area (Å²) in [7, 11) is 2.05. The summed E-state index contributed by atoms with van der Waals surface area (Å²) in [5.74, 6) is -1.64. The van der Waals surface area contributed by atoms with Crippen LogP contribution >= 0.6 is 0 Å². The SMILES string of the molecule is CN1CCN(C(=O)C2CC2C(=O)O)C(c2ccccc2)C1. The highest BCUT2D eigenvalue weighted by molar-refractivity contribution is 5.89. The van der Waals surface area contributed by atoms with Gasteiger partial charge in [-0.25, -0.2) is 0 Å². The highest BCUT2D eigenvalue weighted by atomic mass is 16.4. The number of nitrogens with zero attached hydrogens (tertiary/aromatic N) is 2. The Balaban J connectivity index is 1.79. The molecule has 0 aromatic heterocycles. The lowest BCUT2D eigenvalue weighted by Gasteiger charge is -2.40. The topological polar surface area (TPSA) is 60.9 Å². The van der Waals surface area contributed by atoms with Crippen LogP contribution in [-0.2, 0) is 9.59 Å². The molecule has 0 radical (unpaired) electrons. The molecule has 0 spiro atoms. The van der Waals surface area contributed by atoms with Gasteiger partial charge in [0.25, 0.3) is 0 Å². The monoisotopic (exact) mass is 288 g/mol. The third-order valence-electron chi connectivity index (χ3n) is 4.48. The van der Waals surface area contributed by atoms with E-state index < -0.39 is 11.9 Å². The van der Waals surface area contributed by atoms with Crippen LogP contribution in [0.3, 0.4) is 0 Å². The van der Waals surface area contributed by atoms with E-state index in [1.54, 1.807) is 0 Å². The maximum atomic E-state index is 12.6. The van der Waals surface area contributed by atoms with Gasteiger partial charge in [0.2, 0.25) is 5.91 Å². The molecule has 1 amide bonds. The second-order valence-corrected chi connectivity index (χ2v) is 6.01. The van der Waals surface area contributed by atoms with Crippen LogP contribution in [-0.4, -0.2) is 53.5 Å². The first-order valence-electron chi connectivity index (χ1n) is 7.34. The first kappa shape index (κ1) is 14.1. The van der Waals surface area contributed by atoms with Crippen molar-refractivity contribution in [3.05, 3.63) is 35.9 Å². The van der Waals surface area contributed by atoms with Crippen LogP contribution in [0.25, 0.3) is 0 Å². The lowest BCUT2D eigenvalue weighted by molar-refractivity contribution is -0.143. The van der Waals surface area contributed by atoms with Crippen LogP contribution < -0.4 is 0 Å². The Bertz CT molecular complexity index is 546. The van der Waals surface area contributed by atoms with E-state index in [-0.39, 0.29) is 17.9 Å². The zero-order chi connectivity index (χ0) is 15.0. The molecular weight excluding hydrogens is 268 g/mol. The number of hydrogen-bond donors (Lipinski definition) is 1. The average Bonchev–Trinajstić information content (AvgIpc) is 3.28. The molecule has 21 heavy (non-hydrogen) atoms. The van der Waals surface area contributed by atoms with Gasteiger partial charge in [0.1, 0.15) is 0 Å². The van der Waals surface area contributed by atoms with Gasteiger partial charge in [-0.3, -0.25) is 9.59 Å². The number of aliphatic carboxylic acids is 1. The number of amides is 1. The fraction of sp³-hybridized carbons (Fsp3) is 0.500. The third kappa shape index (κ3) is 2.78. The maximum absolute atomic E-state index is 12.6. The Hall–Kier alpha value is -1.88. The molecule has 3 unspecified atom stereocenters. The fourth-order valence-electron chi connectivity index (χ4n) is 3.10. The van der Waals surface area contributed by atoms with Gasteiger partial charge >= 0.3 is 5.97 Å². The number of carbonyl (C=O) groups excluding carboxylic acids is 1. The normalized spacial score (nSPS) is 29.2. The maximum Gasteiger partial charge on any atom is 0.307 e. The predicted molar refractivity (Wildman–Crippen MR) is 77.6 cm³/mol. The van der Waals surface area contributed by atoms with Crippen LogP contribution in [0, 0.1) is 11.8 Å². The van der Waals surface area contributed by atoms with E-state index >= 15 is 0 Å². The van der Waals surface area contributed by atoms with Gasteiger partial charge in [0.05, 0.1) is 17.9 Å². The van der Waals surface area contributed by atoms with E-state index in [9.17, 15) is 9.59 Å². The van der Waals surface area contributed by atoms with E-state index in [1.165, 1.54) is 0 Å². The first-order chi connectivity index (χ1) is 10.1. The molecule has 0 bridgehead atoms. The third-order valence-corrected chi connectivity index (χ3v) is 4.48. The number of benzene rings is 1. The molecule has 5 heteroatoms. The summed E-state index contributed by atoms with van der Waals surface area (Å²) in [5.41, 5.74) is 1.12. The summed E-state index contributed by atoms with van der Waals surface area (Å²) in [6.45, 7) is 2.29. The zero-order valence-corrected chi connectivity index (χ0v) is 12.1. The molecule has 1 heterocycles. The fourth-order valence-corrected chi connectivity index (χ4v) is 3.10. The van der Waals surface area contributed by atoms with Crippen molar-refractivity contribution in [3.63, 3.8) is 0 Å². The van der Waals surface area contributed by atoms with Crippen molar-refractivity contribution < 1.29 is 14.7 Å². The van der Waals surface area contributed by atoms with Crippen LogP contribution in [0.1, 0.15) is 18.0 Å². The number of carboxylic acid groups (broad SMARTS) is 1. The van der Waals surface area contributed by atoms with Crippen molar-refractivity contribution in [2.45, 2.75) is 12.5 Å². The number of carboxylic acids is 1. The minimum absolute atomic E-state index is 0.00403. The number of likely N-dealkylation sites (N-methyl/N-ethyl adjacent to an activating group) is 1. The smallest absolute Gasteiger partial charge is 0.307 e. The zero-order valence-electron chi connectivity index (χ0n) is 12.1. The van der Waals surface area contributed by atoms with Gasteiger partial charge in [-0.2, -0.15) is 0 Å². The molecule has 1 aromatic rings. The number of piperazine rings is 1. The first-order valence-corrected chi connectivity index (χ1v) is 7.34. The molecule has 112 valence electrons. The Labute approximate surface area is 124 Å². The summed E-state index contributed by atoms with van der Waals surface area (Å²) in [6, 6.07) is 10.0. The lowest BCUT2D eigenvalue weighted by Crippen LogP contribution is -2.50. The van der Waals surface area contributed by atoms with Crippen LogP contribution in [0.2, 0.25) is 0 Å². The molecule has 1 aliphatic carbocycles. The Morgan fingerprint density at radius 2 is 1.86 bits per heavy atom. The number of rotatable bonds is 3. The Kier molecular flexibility index (Phi) is 3.68. The average molecular weight is 288 g/mol. The summed E-state index contributed by atoms with van der Waals surface area (Å²) in [4.78, 5) is 27.7. The standard InChI is InChI=1S/C16H20N2O3/c1-17-7-8-18(15(19)12-9-13(12)16(20)21)14(10-17)11-5-3-2-4-6-11/h2-6,12-14H,7-10H2,1H3,(H,20,21). The molecule has 3 atom stereocenters. The van der Waals surface area contributed by atoms with Gasteiger partial charge in [0, 0.05) is 19.6 Å². The molecule has 5 nitrogen and oxygen atoms in total. The molecule has 1 aromatic carbocycles. The molecule has 2 aliphatic rings. The highest BCUT2D eigenvalue weighted by Crippen LogP contribution is 2.42. The van der Waals surface area contributed by atoms with E-state index in [0.29, 0.717) is 13.0 Å². The van der Waals surface area contributed by atoms with Gasteiger partial charge in [0.15, 0.2) is 0 Å². The number of hydrogen-bond acceptors (Lipinski definition) is 3. The van der Waals surface area contributed by atoms with E-state index in [0.717, 1.165) is 18.7 Å². The minimum Gasteiger partial charge on any atom is -0.481 e. The predicted octanol–water partition coefficient (Wildman–Crippen LogP) is 1.22. The van der Waals surface area contributed by atoms with Crippen molar-refractivity contribution >= 4 is 11.9 Å². The molecule has 1 saturated heterocycles. The van der Waals surface area contributed by atoms with Crippen molar-refractivity contribution in [1.29, 1.82) is 0 Å². The molecule has 1 aliphatic heterocycles. The van der Waals surface area contributed by atoms with Crippen LogP contribution in [0.4, 0.5) is 0 Å². The Morgan fingerprint density at radius 1 is 1.14 bits per heavy atom. The minimum atomic E-state index is -0.848. The van der Waals surface area contributed by atoms with E-state index in [1.807, 2.05) is 35.2 Å². The van der Waals surface area contributed by atoms with Crippen LogP contribution in [0.15, 0.2) is 30.3 Å². The molecule has 1 N–H and O–H groups in total. The molecular formula is C16H20N2O3. The van der Waals surface area contributed by atoms with E-state index in [4.69, 9.17) is 5.11 Å². The van der Waals surface area contributed by atoms with Crippen molar-refractivity contribution in [1.82, 2.24) is 9.80 Å². The van der Waals surface area contributed by atoms with Gasteiger partial charge in [-0.1, -0.05) is 30.3 Å². The van der Waals surface area contributed by atoms with E-state index in [2.05, 4.69) is 11.9 Å². The molecule has 1 saturated carbocycles. The Morgan fingerprint density at radius 3 is 2.48 bits per heavy atom. The largest absolute Gasteiger partial charge is 0.481 e. The quantitative estimate of drug-likeness (QED) is 0.908. The second-order valence-electron chi connectivity index (χ2n) is 6.01. The molecule has 2 fully saturated rings. The summed E-state index contributed by atoms with van der Waals surface area (Å²) >= 11 is 0. The van der Waals surface area contributed by atoms with Gasteiger partial charge in [-0.05, 0) is 19.0 Å². The highest BCUT2D eigenvalue weighted by Gasteiger charge is 2.51. The summed E-state index contributed by atoms with van der Waals surface area (Å²) in [6.07, 6.45) is 0.488.